The Labute approximate surface area is 98.3 Å². The Kier molecular flexibility index (Phi) is 13.1. The highest BCUT2D eigenvalue weighted by Crippen LogP contribution is 2.11. The van der Waals surface area contributed by atoms with Gasteiger partial charge in [0.25, 0.3) is 5.97 Å². The fraction of sp³-hybridized carbons (Fsp3) is 0.750. The van der Waals surface area contributed by atoms with Gasteiger partial charge in [-0.2, -0.15) is 0 Å². The maximum atomic E-state index is 9.00. The van der Waals surface area contributed by atoms with E-state index in [2.05, 4.69) is 26.8 Å². The van der Waals surface area contributed by atoms with E-state index >= 15 is 0 Å². The summed E-state index contributed by atoms with van der Waals surface area (Å²) >= 11 is 5.62. The summed E-state index contributed by atoms with van der Waals surface area (Å²) in [6.07, 6.45) is 5.93. The van der Waals surface area contributed by atoms with Crippen molar-refractivity contribution in [2.75, 3.05) is 5.88 Å². The van der Waals surface area contributed by atoms with E-state index in [1.165, 1.54) is 18.4 Å². The number of hydrogen-bond donors (Lipinski definition) is 1. The fourth-order valence-corrected chi connectivity index (χ4v) is 1.36. The van der Waals surface area contributed by atoms with Crippen molar-refractivity contribution in [3.8, 4) is 0 Å². The van der Waals surface area contributed by atoms with Crippen molar-refractivity contribution in [3.05, 3.63) is 11.6 Å². The lowest BCUT2D eigenvalue weighted by Gasteiger charge is -2.06. The molecule has 0 fully saturated rings. The van der Waals surface area contributed by atoms with Crippen LogP contribution in [0.1, 0.15) is 47.0 Å². The lowest BCUT2D eigenvalue weighted by Crippen LogP contribution is -1.94. The molecule has 3 heteroatoms. The minimum Gasteiger partial charge on any atom is -0.481 e. The fourth-order valence-electron chi connectivity index (χ4n) is 0.987. The highest BCUT2D eigenvalue weighted by atomic mass is 35.5. The molecule has 90 valence electrons. The Bertz CT molecular complexity index is 180. The summed E-state index contributed by atoms with van der Waals surface area (Å²) in [6.45, 7) is 7.64. The van der Waals surface area contributed by atoms with E-state index in [4.69, 9.17) is 21.5 Å². The zero-order valence-corrected chi connectivity index (χ0v) is 11.0. The van der Waals surface area contributed by atoms with Crippen LogP contribution in [-0.4, -0.2) is 17.0 Å². The summed E-state index contributed by atoms with van der Waals surface area (Å²) in [5.74, 6) is 0.749. The molecule has 0 rings (SSSR count). The topological polar surface area (TPSA) is 37.3 Å². The molecule has 2 nitrogen and oxygen atoms in total. The van der Waals surface area contributed by atoms with Crippen molar-refractivity contribution in [2.24, 2.45) is 5.92 Å². The second-order valence-corrected chi connectivity index (χ2v) is 4.34. The summed E-state index contributed by atoms with van der Waals surface area (Å²) in [4.78, 5) is 9.00. The zero-order valence-electron chi connectivity index (χ0n) is 10.2. The van der Waals surface area contributed by atoms with Gasteiger partial charge in [-0.3, -0.25) is 4.79 Å². The van der Waals surface area contributed by atoms with Crippen molar-refractivity contribution >= 4 is 17.6 Å². The smallest absolute Gasteiger partial charge is 0.300 e. The Morgan fingerprint density at radius 3 is 2.13 bits per heavy atom. The Hall–Kier alpha value is -0.500. The van der Waals surface area contributed by atoms with E-state index in [1.807, 2.05) is 0 Å². The molecule has 0 aromatic heterocycles. The molecule has 0 radical (unpaired) electrons. The molecule has 0 aliphatic rings. The molecular weight excluding hydrogens is 212 g/mol. The van der Waals surface area contributed by atoms with Gasteiger partial charge < -0.3 is 5.11 Å². The highest BCUT2D eigenvalue weighted by Gasteiger charge is 1.98. The van der Waals surface area contributed by atoms with Crippen LogP contribution in [0.5, 0.6) is 0 Å². The summed E-state index contributed by atoms with van der Waals surface area (Å²) in [5, 5.41) is 7.42. The number of halogens is 1. The number of alkyl halides is 1. The lowest BCUT2D eigenvalue weighted by atomic mass is 10.0. The SMILES string of the molecule is CC(=O)O.CC(C)=CCCC(C)CCCl. The van der Waals surface area contributed by atoms with Gasteiger partial charge in [-0.1, -0.05) is 18.6 Å². The van der Waals surface area contributed by atoms with Crippen molar-refractivity contribution in [1.82, 2.24) is 0 Å². The molecule has 0 aliphatic heterocycles. The second kappa shape index (κ2) is 11.6. The molecule has 0 aromatic rings. The summed E-state index contributed by atoms with van der Waals surface area (Å²) in [7, 11) is 0. The van der Waals surface area contributed by atoms with Gasteiger partial charge >= 0.3 is 0 Å². The van der Waals surface area contributed by atoms with Gasteiger partial charge in [-0.25, -0.2) is 0 Å². The number of aliphatic carboxylic acids is 1. The van der Waals surface area contributed by atoms with Crippen LogP contribution in [0.25, 0.3) is 0 Å². The van der Waals surface area contributed by atoms with Crippen LogP contribution in [-0.2, 0) is 4.79 Å². The Morgan fingerprint density at radius 1 is 1.33 bits per heavy atom. The molecule has 0 aliphatic carbocycles. The maximum absolute atomic E-state index is 9.00. The van der Waals surface area contributed by atoms with E-state index in [0.717, 1.165) is 25.1 Å². The molecule has 1 N–H and O–H groups in total. The highest BCUT2D eigenvalue weighted by molar-refractivity contribution is 6.17. The average molecular weight is 235 g/mol. The number of carbonyl (C=O) groups is 1. The van der Waals surface area contributed by atoms with E-state index < -0.39 is 5.97 Å². The predicted octanol–water partition coefficient (Wildman–Crippen LogP) is 4.09. The van der Waals surface area contributed by atoms with Gasteiger partial charge in [0.2, 0.25) is 0 Å². The van der Waals surface area contributed by atoms with E-state index in [1.54, 1.807) is 0 Å². The molecule has 0 spiro atoms. The molecule has 0 heterocycles. The number of rotatable bonds is 5. The van der Waals surface area contributed by atoms with Crippen molar-refractivity contribution < 1.29 is 9.90 Å². The van der Waals surface area contributed by atoms with Crippen LogP contribution < -0.4 is 0 Å². The molecule has 0 bridgehead atoms. The molecule has 0 aromatic carbocycles. The predicted molar refractivity (Wildman–Crippen MR) is 66.5 cm³/mol. The monoisotopic (exact) mass is 234 g/mol. The summed E-state index contributed by atoms with van der Waals surface area (Å²) < 4.78 is 0. The molecule has 15 heavy (non-hydrogen) atoms. The number of allylic oxidation sites excluding steroid dienone is 2. The molecule has 1 atom stereocenters. The third-order valence-electron chi connectivity index (χ3n) is 1.81. The third-order valence-corrected chi connectivity index (χ3v) is 2.03. The number of hydrogen-bond acceptors (Lipinski definition) is 1. The minimum atomic E-state index is -0.833. The first-order valence-corrected chi connectivity index (χ1v) is 5.82. The second-order valence-electron chi connectivity index (χ2n) is 3.96. The largest absolute Gasteiger partial charge is 0.481 e. The van der Waals surface area contributed by atoms with Gasteiger partial charge in [-0.15, -0.1) is 11.6 Å². The molecular formula is C12H23ClO2. The zero-order chi connectivity index (χ0) is 12.3. The Morgan fingerprint density at radius 2 is 1.80 bits per heavy atom. The van der Waals surface area contributed by atoms with Gasteiger partial charge in [0.15, 0.2) is 0 Å². The summed E-state index contributed by atoms with van der Waals surface area (Å²) in [5.41, 5.74) is 1.42. The summed E-state index contributed by atoms with van der Waals surface area (Å²) in [6, 6.07) is 0. The Balaban J connectivity index is 0. The maximum Gasteiger partial charge on any atom is 0.300 e. The van der Waals surface area contributed by atoms with Crippen LogP contribution in [0.4, 0.5) is 0 Å². The van der Waals surface area contributed by atoms with Crippen LogP contribution in [0.3, 0.4) is 0 Å². The van der Waals surface area contributed by atoms with Gasteiger partial charge in [0.05, 0.1) is 0 Å². The van der Waals surface area contributed by atoms with Crippen molar-refractivity contribution in [2.45, 2.75) is 47.0 Å². The number of carboxylic acids is 1. The van der Waals surface area contributed by atoms with Crippen LogP contribution >= 0.6 is 11.6 Å². The van der Waals surface area contributed by atoms with Crippen LogP contribution in [0.15, 0.2) is 11.6 Å². The normalized spacial score (nSPS) is 11.0. The first kappa shape index (κ1) is 16.9. The van der Waals surface area contributed by atoms with Gasteiger partial charge in [0, 0.05) is 12.8 Å². The van der Waals surface area contributed by atoms with E-state index in [0.29, 0.717) is 0 Å². The number of carboxylic acid groups (broad SMARTS) is 1. The molecule has 0 saturated heterocycles. The lowest BCUT2D eigenvalue weighted by molar-refractivity contribution is -0.134. The third kappa shape index (κ3) is 24.7. The van der Waals surface area contributed by atoms with Crippen LogP contribution in [0.2, 0.25) is 0 Å². The average Bonchev–Trinajstić information content (AvgIpc) is 2.02. The molecule has 0 saturated carbocycles. The molecule has 0 amide bonds. The van der Waals surface area contributed by atoms with Crippen LogP contribution in [0, 0.1) is 5.92 Å². The quantitative estimate of drug-likeness (QED) is 0.575. The van der Waals surface area contributed by atoms with E-state index in [-0.39, 0.29) is 0 Å². The van der Waals surface area contributed by atoms with E-state index in [9.17, 15) is 0 Å². The minimum absolute atomic E-state index is 0.781. The standard InChI is InChI=1S/C10H19Cl.C2H4O2/c1-9(2)5-4-6-10(3)7-8-11;1-2(3)4/h5,10H,4,6-8H2,1-3H3;1H3,(H,3,4). The molecule has 1 unspecified atom stereocenters. The first-order valence-electron chi connectivity index (χ1n) is 5.29. The van der Waals surface area contributed by atoms with Crippen molar-refractivity contribution in [3.63, 3.8) is 0 Å². The first-order chi connectivity index (χ1) is 6.90. The van der Waals surface area contributed by atoms with Gasteiger partial charge in [0.1, 0.15) is 0 Å². The van der Waals surface area contributed by atoms with Crippen molar-refractivity contribution in [1.29, 1.82) is 0 Å². The van der Waals surface area contributed by atoms with Gasteiger partial charge in [-0.05, 0) is 39.0 Å².